The van der Waals surface area contributed by atoms with E-state index in [-0.39, 0.29) is 46.1 Å². The van der Waals surface area contributed by atoms with Crippen LogP contribution in [-0.4, -0.2) is 52.3 Å². The monoisotopic (exact) mass is 110 g/mol. The van der Waals surface area contributed by atoms with E-state index >= 15 is 0 Å². The second-order valence-electron chi connectivity index (χ2n) is 0.250. The van der Waals surface area contributed by atoms with Crippen LogP contribution in [0, 0.1) is 0 Å². The third kappa shape index (κ3) is 108. The fourth-order valence-corrected chi connectivity index (χ4v) is 0. The molecular formula is CH2Mg2O3. The third-order valence-electron chi connectivity index (χ3n) is 0. The van der Waals surface area contributed by atoms with Gasteiger partial charge in [0.2, 0.25) is 0 Å². The normalized spacial score (nSPS) is 4.00. The van der Waals surface area contributed by atoms with Crippen molar-refractivity contribution in [3.8, 4) is 0 Å². The van der Waals surface area contributed by atoms with Crippen LogP contribution in [0.1, 0.15) is 0 Å². The molecule has 28 valence electrons. The molecule has 0 saturated carbocycles. The zero-order chi connectivity index (χ0) is 3.58. The van der Waals surface area contributed by atoms with Gasteiger partial charge in [-0.1, -0.05) is 0 Å². The summed E-state index contributed by atoms with van der Waals surface area (Å²) in [5, 5.41) is 16.7. The number of carbonyl (C=O) groups is 1. The summed E-state index contributed by atoms with van der Waals surface area (Å²) in [7, 11) is 0. The van der Waals surface area contributed by atoms with Crippen LogP contribution in [-0.2, 0) is 0 Å². The fourth-order valence-electron chi connectivity index (χ4n) is 0. The smallest absolute Gasteiger partial charge is 0.652 e. The van der Waals surface area contributed by atoms with E-state index in [1.165, 1.54) is 0 Å². The Bertz CT molecular complexity index is 31.8. The van der Waals surface area contributed by atoms with Crippen molar-refractivity contribution in [1.82, 2.24) is 0 Å². The minimum atomic E-state index is -2.33. The minimum absolute atomic E-state index is 0. The number of carboxylic acid groups (broad SMARTS) is 2. The van der Waals surface area contributed by atoms with Crippen LogP contribution in [0.2, 0.25) is 0 Å². The molecule has 0 saturated heterocycles. The predicted octanol–water partition coefficient (Wildman–Crippen LogP) is -3.74. The maximum atomic E-state index is 8.33. The zero-order valence-electron chi connectivity index (χ0n) is 2.43. The Labute approximate surface area is 67.0 Å². The molecule has 0 aromatic carbocycles. The third-order valence-corrected chi connectivity index (χ3v) is 0. The molecule has 0 aromatic rings. The van der Waals surface area contributed by atoms with E-state index < -0.39 is 6.16 Å². The van der Waals surface area contributed by atoms with Gasteiger partial charge in [-0.3, -0.25) is 0 Å². The zero-order valence-corrected chi connectivity index (χ0v) is 3.85. The van der Waals surface area contributed by atoms with Crippen molar-refractivity contribution in [3.05, 3.63) is 0 Å². The van der Waals surface area contributed by atoms with Crippen molar-refractivity contribution in [2.45, 2.75) is 0 Å². The van der Waals surface area contributed by atoms with Crippen molar-refractivity contribution in [2.24, 2.45) is 0 Å². The molecule has 6 heavy (non-hydrogen) atoms. The van der Waals surface area contributed by atoms with Gasteiger partial charge in [0.15, 0.2) is 0 Å². The first-order valence-electron chi connectivity index (χ1n) is 0.612. The predicted molar refractivity (Wildman–Crippen MR) is 19.7 cm³/mol. The quantitative estimate of drug-likeness (QED) is 0.301. The van der Waals surface area contributed by atoms with Crippen LogP contribution >= 0.6 is 0 Å². The number of hydrogen-bond donors (Lipinski definition) is 0. The van der Waals surface area contributed by atoms with Gasteiger partial charge in [-0.2, -0.15) is 0 Å². The van der Waals surface area contributed by atoms with Crippen molar-refractivity contribution in [3.63, 3.8) is 0 Å². The number of hydrogen-bond acceptors (Lipinski definition) is 3. The van der Waals surface area contributed by atoms with Crippen LogP contribution in [0.3, 0.4) is 0 Å². The maximum Gasteiger partial charge on any atom is 2.00 e. The van der Waals surface area contributed by atoms with Crippen molar-refractivity contribution in [2.75, 3.05) is 0 Å². The summed E-state index contributed by atoms with van der Waals surface area (Å²) in [5.74, 6) is 0. The first-order chi connectivity index (χ1) is 1.73. The Kier molecular flexibility index (Phi) is 24.4. The van der Waals surface area contributed by atoms with E-state index in [4.69, 9.17) is 15.0 Å². The van der Waals surface area contributed by atoms with Crippen molar-refractivity contribution in [1.29, 1.82) is 0 Å². The van der Waals surface area contributed by atoms with Crippen LogP contribution in [0.25, 0.3) is 0 Å². The van der Waals surface area contributed by atoms with Crippen LogP contribution in [0.5, 0.6) is 0 Å². The first kappa shape index (κ1) is 15.8. The van der Waals surface area contributed by atoms with Crippen molar-refractivity contribution < 1.29 is 15.0 Å². The molecule has 0 aliphatic rings. The number of rotatable bonds is 0. The van der Waals surface area contributed by atoms with Crippen LogP contribution < -0.4 is 10.2 Å². The van der Waals surface area contributed by atoms with Crippen LogP contribution in [0.15, 0.2) is 0 Å². The molecule has 0 unspecified atom stereocenters. The van der Waals surface area contributed by atoms with Crippen LogP contribution in [0.4, 0.5) is 4.79 Å². The summed E-state index contributed by atoms with van der Waals surface area (Å²) in [6, 6.07) is 0. The Morgan fingerprint density at radius 1 is 1.33 bits per heavy atom. The molecule has 0 N–H and O–H groups in total. The van der Waals surface area contributed by atoms with Gasteiger partial charge in [0.1, 0.15) is 0 Å². The molecule has 0 atom stereocenters. The Morgan fingerprint density at radius 2 is 1.33 bits per heavy atom. The molecule has 0 rings (SSSR count). The van der Waals surface area contributed by atoms with Gasteiger partial charge in [0, 0.05) is 0 Å². The fraction of sp³-hybridized carbons (Fsp3) is 0. The Morgan fingerprint density at radius 3 is 1.33 bits per heavy atom. The molecular weight excluding hydrogens is 109 g/mol. The molecule has 0 aromatic heterocycles. The molecule has 0 aliphatic heterocycles. The minimum Gasteiger partial charge on any atom is -0.652 e. The summed E-state index contributed by atoms with van der Waals surface area (Å²) in [6.07, 6.45) is -2.33. The molecule has 0 bridgehead atoms. The van der Waals surface area contributed by atoms with E-state index in [0.29, 0.717) is 0 Å². The van der Waals surface area contributed by atoms with Crippen molar-refractivity contribution >= 4 is 52.3 Å². The molecule has 0 heterocycles. The Balaban J connectivity index is -0.0000000450. The van der Waals surface area contributed by atoms with E-state index in [0.717, 1.165) is 0 Å². The van der Waals surface area contributed by atoms with Gasteiger partial charge in [0.05, 0.1) is 0 Å². The second kappa shape index (κ2) is 9.26. The first-order valence-corrected chi connectivity index (χ1v) is 0.612. The average molecular weight is 111 g/mol. The van der Waals surface area contributed by atoms with E-state index in [9.17, 15) is 0 Å². The van der Waals surface area contributed by atoms with E-state index in [2.05, 4.69) is 0 Å². The van der Waals surface area contributed by atoms with Gasteiger partial charge in [-0.25, -0.2) is 0 Å². The van der Waals surface area contributed by atoms with Gasteiger partial charge in [-0.05, 0) is 6.16 Å². The molecule has 5 heteroatoms. The molecule has 0 aliphatic carbocycles. The molecule has 0 fully saturated rings. The summed E-state index contributed by atoms with van der Waals surface area (Å²) < 4.78 is 0. The van der Waals surface area contributed by atoms with Gasteiger partial charge >= 0.3 is 46.1 Å². The standard InChI is InChI=1S/CH2O3.2Mg.2H/c2-1(3)4;;;;/h(H2,2,3,4);;;;/q;;+2;;/p-2. The Hall–Kier alpha value is 0.802. The molecule has 3 nitrogen and oxygen atoms in total. The van der Waals surface area contributed by atoms with E-state index in [1.54, 1.807) is 0 Å². The second-order valence-corrected chi connectivity index (χ2v) is 0.250. The summed E-state index contributed by atoms with van der Waals surface area (Å²) in [5.41, 5.74) is 0. The summed E-state index contributed by atoms with van der Waals surface area (Å²) in [4.78, 5) is 8.33. The molecule has 0 spiro atoms. The molecule has 0 radical (unpaired) electrons. The summed E-state index contributed by atoms with van der Waals surface area (Å²) in [6.45, 7) is 0. The van der Waals surface area contributed by atoms with E-state index in [1.807, 2.05) is 0 Å². The summed E-state index contributed by atoms with van der Waals surface area (Å²) >= 11 is 0. The maximum absolute atomic E-state index is 8.33. The van der Waals surface area contributed by atoms with Gasteiger partial charge < -0.3 is 15.0 Å². The average Bonchev–Trinajstić information content (AvgIpc) is 0.811. The van der Waals surface area contributed by atoms with Gasteiger partial charge in [-0.15, -0.1) is 0 Å². The van der Waals surface area contributed by atoms with Gasteiger partial charge in [0.25, 0.3) is 0 Å². The number of carbonyl (C=O) groups excluding carboxylic acids is 1. The SMILES string of the molecule is O=C([O-])[O-].[Mg+2].[MgH2]. The molecule has 0 amide bonds. The largest absolute Gasteiger partial charge is 2.00 e. The topological polar surface area (TPSA) is 63.2 Å².